The van der Waals surface area contributed by atoms with E-state index in [2.05, 4.69) is 5.32 Å². The molecule has 1 aliphatic heterocycles. The van der Waals surface area contributed by atoms with Gasteiger partial charge in [-0.1, -0.05) is 0 Å². The lowest BCUT2D eigenvalue weighted by Gasteiger charge is -2.37. The van der Waals surface area contributed by atoms with Gasteiger partial charge in [0.1, 0.15) is 5.60 Å². The number of piperidine rings is 1. The van der Waals surface area contributed by atoms with Crippen LogP contribution in [0.25, 0.3) is 0 Å². The van der Waals surface area contributed by atoms with Gasteiger partial charge in [-0.05, 0) is 72.3 Å². The third-order valence-electron chi connectivity index (χ3n) is 3.98. The number of likely N-dealkylation sites (tertiary alicyclic amines) is 1. The first kappa shape index (κ1) is 15.6. The molecule has 1 heterocycles. The average Bonchev–Trinajstić information content (AvgIpc) is 3.17. The van der Waals surface area contributed by atoms with Crippen LogP contribution in [0.15, 0.2) is 0 Å². The minimum Gasteiger partial charge on any atom is -0.444 e. The number of hydrogen-bond acceptors (Lipinski definition) is 3. The minimum absolute atomic E-state index is 0.127. The Bertz CT molecular complexity index is 321. The quantitative estimate of drug-likeness (QED) is 0.787. The van der Waals surface area contributed by atoms with Crippen molar-refractivity contribution in [1.82, 2.24) is 10.2 Å². The van der Waals surface area contributed by atoms with E-state index in [4.69, 9.17) is 4.74 Å². The highest BCUT2D eigenvalue weighted by atomic mass is 16.6. The Morgan fingerprint density at radius 1 is 1.25 bits per heavy atom. The lowest BCUT2D eigenvalue weighted by atomic mass is 9.98. The van der Waals surface area contributed by atoms with Crippen LogP contribution in [0.3, 0.4) is 0 Å². The van der Waals surface area contributed by atoms with Crippen molar-refractivity contribution in [3.63, 3.8) is 0 Å². The molecule has 1 saturated heterocycles. The summed E-state index contributed by atoms with van der Waals surface area (Å²) in [5.41, 5.74) is -0.396. The number of rotatable bonds is 5. The number of ether oxygens (including phenoxy) is 1. The van der Waals surface area contributed by atoms with E-state index in [9.17, 15) is 4.79 Å². The molecule has 2 fully saturated rings. The summed E-state index contributed by atoms with van der Waals surface area (Å²) in [4.78, 5) is 14.2. The molecular weight excluding hydrogens is 252 g/mol. The molecule has 0 aromatic heterocycles. The molecular formula is C16H30N2O2. The SMILES string of the molecule is CC(C)(C)OC(=O)N1CCCC[C@H]1CCCNC1CC1. The molecule has 2 aliphatic rings. The van der Waals surface area contributed by atoms with Crippen LogP contribution < -0.4 is 5.32 Å². The Balaban J connectivity index is 1.76. The fraction of sp³-hybridized carbons (Fsp3) is 0.938. The summed E-state index contributed by atoms with van der Waals surface area (Å²) in [5, 5.41) is 3.54. The molecule has 4 heteroatoms. The second-order valence-corrected chi connectivity index (χ2v) is 7.19. The predicted molar refractivity (Wildman–Crippen MR) is 80.8 cm³/mol. The molecule has 0 spiro atoms. The summed E-state index contributed by atoms with van der Waals surface area (Å²) >= 11 is 0. The third-order valence-corrected chi connectivity index (χ3v) is 3.98. The summed E-state index contributed by atoms with van der Waals surface area (Å²) < 4.78 is 5.53. The second kappa shape index (κ2) is 6.79. The van der Waals surface area contributed by atoms with Gasteiger partial charge in [-0.15, -0.1) is 0 Å². The highest BCUT2D eigenvalue weighted by Crippen LogP contribution is 2.24. The summed E-state index contributed by atoms with van der Waals surface area (Å²) in [6, 6.07) is 1.16. The fourth-order valence-electron chi connectivity index (χ4n) is 2.79. The number of nitrogens with one attached hydrogen (secondary N) is 1. The van der Waals surface area contributed by atoms with Gasteiger partial charge in [0.05, 0.1) is 0 Å². The predicted octanol–water partition coefficient (Wildman–Crippen LogP) is 3.31. The third kappa shape index (κ3) is 5.31. The van der Waals surface area contributed by atoms with Crippen LogP contribution in [0.5, 0.6) is 0 Å². The van der Waals surface area contributed by atoms with E-state index in [0.29, 0.717) is 6.04 Å². The van der Waals surface area contributed by atoms with Crippen molar-refractivity contribution in [3.05, 3.63) is 0 Å². The average molecular weight is 282 g/mol. The molecule has 116 valence electrons. The molecule has 1 amide bonds. The van der Waals surface area contributed by atoms with Crippen molar-refractivity contribution in [2.24, 2.45) is 0 Å². The Morgan fingerprint density at radius 3 is 2.65 bits per heavy atom. The summed E-state index contributed by atoms with van der Waals surface area (Å²) in [5.74, 6) is 0. The van der Waals surface area contributed by atoms with E-state index in [0.717, 1.165) is 44.8 Å². The van der Waals surface area contributed by atoms with E-state index in [1.165, 1.54) is 19.3 Å². The summed E-state index contributed by atoms with van der Waals surface area (Å²) in [6.45, 7) is 7.75. The molecule has 2 rings (SSSR count). The molecule has 1 saturated carbocycles. The highest BCUT2D eigenvalue weighted by molar-refractivity contribution is 5.68. The smallest absolute Gasteiger partial charge is 0.410 e. The zero-order valence-corrected chi connectivity index (χ0v) is 13.3. The lowest BCUT2D eigenvalue weighted by Crippen LogP contribution is -2.46. The number of carbonyl (C=O) groups excluding carboxylic acids is 1. The normalized spacial score (nSPS) is 23.8. The molecule has 0 radical (unpaired) electrons. The van der Waals surface area contributed by atoms with Gasteiger partial charge in [0, 0.05) is 18.6 Å². The molecule has 0 bridgehead atoms. The van der Waals surface area contributed by atoms with Gasteiger partial charge in [0.15, 0.2) is 0 Å². The van der Waals surface area contributed by atoms with Crippen molar-refractivity contribution >= 4 is 6.09 Å². The van der Waals surface area contributed by atoms with Crippen LogP contribution >= 0.6 is 0 Å². The van der Waals surface area contributed by atoms with Crippen LogP contribution in [-0.4, -0.2) is 41.8 Å². The van der Waals surface area contributed by atoms with Crippen LogP contribution in [0.2, 0.25) is 0 Å². The first-order valence-corrected chi connectivity index (χ1v) is 8.19. The Labute approximate surface area is 123 Å². The van der Waals surface area contributed by atoms with Crippen molar-refractivity contribution < 1.29 is 9.53 Å². The summed E-state index contributed by atoms with van der Waals surface area (Å²) in [6.07, 6.45) is 8.27. The molecule has 0 aromatic rings. The standard InChI is InChI=1S/C16H30N2O2/c1-16(2,3)20-15(19)18-12-5-4-7-14(18)8-6-11-17-13-9-10-13/h13-14,17H,4-12H2,1-3H3/t14-/m0/s1. The maximum Gasteiger partial charge on any atom is 0.410 e. The number of nitrogens with zero attached hydrogens (tertiary/aromatic N) is 1. The Hall–Kier alpha value is -0.770. The number of amides is 1. The Morgan fingerprint density at radius 2 is 2.00 bits per heavy atom. The molecule has 4 nitrogen and oxygen atoms in total. The van der Waals surface area contributed by atoms with Gasteiger partial charge < -0.3 is 15.0 Å². The topological polar surface area (TPSA) is 41.6 Å². The van der Waals surface area contributed by atoms with E-state index >= 15 is 0 Å². The van der Waals surface area contributed by atoms with Crippen LogP contribution in [-0.2, 0) is 4.74 Å². The Kier molecular flexibility index (Phi) is 5.30. The van der Waals surface area contributed by atoms with Crippen molar-refractivity contribution in [1.29, 1.82) is 0 Å². The van der Waals surface area contributed by atoms with Crippen molar-refractivity contribution in [2.75, 3.05) is 13.1 Å². The van der Waals surface area contributed by atoms with E-state index in [-0.39, 0.29) is 6.09 Å². The van der Waals surface area contributed by atoms with Gasteiger partial charge in [0.25, 0.3) is 0 Å². The van der Waals surface area contributed by atoms with Gasteiger partial charge >= 0.3 is 6.09 Å². The monoisotopic (exact) mass is 282 g/mol. The van der Waals surface area contributed by atoms with Crippen LogP contribution in [0, 0.1) is 0 Å². The first-order chi connectivity index (χ1) is 9.46. The second-order valence-electron chi connectivity index (χ2n) is 7.19. The maximum atomic E-state index is 12.3. The van der Waals surface area contributed by atoms with E-state index in [1.54, 1.807) is 0 Å². The zero-order valence-electron chi connectivity index (χ0n) is 13.3. The van der Waals surface area contributed by atoms with Crippen molar-refractivity contribution in [2.45, 2.75) is 83.4 Å². The maximum absolute atomic E-state index is 12.3. The zero-order chi connectivity index (χ0) is 14.6. The van der Waals surface area contributed by atoms with Crippen molar-refractivity contribution in [3.8, 4) is 0 Å². The van der Waals surface area contributed by atoms with Crippen LogP contribution in [0.4, 0.5) is 4.79 Å². The molecule has 20 heavy (non-hydrogen) atoms. The lowest BCUT2D eigenvalue weighted by molar-refractivity contribution is 0.00866. The fourth-order valence-corrected chi connectivity index (χ4v) is 2.79. The number of hydrogen-bond donors (Lipinski definition) is 1. The molecule has 0 unspecified atom stereocenters. The van der Waals surface area contributed by atoms with Crippen LogP contribution in [0.1, 0.15) is 65.7 Å². The first-order valence-electron chi connectivity index (χ1n) is 8.19. The van der Waals surface area contributed by atoms with E-state index in [1.807, 2.05) is 25.7 Å². The van der Waals surface area contributed by atoms with Gasteiger partial charge in [-0.3, -0.25) is 0 Å². The number of carbonyl (C=O) groups is 1. The molecule has 0 aromatic carbocycles. The molecule has 1 N–H and O–H groups in total. The highest BCUT2D eigenvalue weighted by Gasteiger charge is 2.30. The van der Waals surface area contributed by atoms with Gasteiger partial charge in [-0.25, -0.2) is 4.79 Å². The molecule has 1 aliphatic carbocycles. The van der Waals surface area contributed by atoms with Gasteiger partial charge in [-0.2, -0.15) is 0 Å². The summed E-state index contributed by atoms with van der Waals surface area (Å²) in [7, 11) is 0. The largest absolute Gasteiger partial charge is 0.444 e. The minimum atomic E-state index is -0.396. The van der Waals surface area contributed by atoms with E-state index < -0.39 is 5.60 Å². The molecule has 1 atom stereocenters. The van der Waals surface area contributed by atoms with Gasteiger partial charge in [0.2, 0.25) is 0 Å².